The van der Waals surface area contributed by atoms with Crippen LogP contribution in [0.15, 0.2) is 18.2 Å². The monoisotopic (exact) mass is 258 g/mol. The van der Waals surface area contributed by atoms with Gasteiger partial charge in [0.25, 0.3) is 0 Å². The van der Waals surface area contributed by atoms with Crippen molar-refractivity contribution in [2.75, 3.05) is 18.5 Å². The third kappa shape index (κ3) is 1.79. The number of aromatic nitrogens is 1. The van der Waals surface area contributed by atoms with E-state index in [-0.39, 0.29) is 5.97 Å². The number of rotatable bonds is 2. The number of esters is 1. The van der Waals surface area contributed by atoms with Gasteiger partial charge in [0.2, 0.25) is 0 Å². The molecule has 0 atom stereocenters. The summed E-state index contributed by atoms with van der Waals surface area (Å²) in [6.45, 7) is 2.56. The first-order valence-electron chi connectivity index (χ1n) is 6.29. The zero-order chi connectivity index (χ0) is 13.6. The molecule has 5 nitrogen and oxygen atoms in total. The normalized spacial score (nSPS) is 13.7. The molecule has 0 spiro atoms. The third-order valence-corrected chi connectivity index (χ3v) is 3.66. The van der Waals surface area contributed by atoms with Crippen LogP contribution < -0.4 is 4.81 Å². The summed E-state index contributed by atoms with van der Waals surface area (Å²) in [5.74, 6) is -0.365. The van der Waals surface area contributed by atoms with Crippen LogP contribution in [-0.4, -0.2) is 36.7 Å². The first-order chi connectivity index (χ1) is 9.11. The van der Waals surface area contributed by atoms with E-state index in [2.05, 4.69) is 4.98 Å². The molecular formula is C13H15BN2O3. The van der Waals surface area contributed by atoms with Crippen LogP contribution in [0.1, 0.15) is 16.1 Å². The molecule has 0 fully saturated rings. The smallest absolute Gasteiger partial charge is 0.409 e. The Bertz CT molecular complexity index is 651. The van der Waals surface area contributed by atoms with Gasteiger partial charge in [-0.05, 0) is 37.0 Å². The number of carbonyl (C=O) groups is 1. The standard InChI is InChI=1S/C13H15BN2O3/c1-14(18)16-6-5-8-9-7-11(13(17)19-2)15-10(9)3-4-12(8)16/h3-4,7,15,18H,5-6H2,1-2H3. The van der Waals surface area contributed by atoms with Crippen molar-refractivity contribution < 1.29 is 14.6 Å². The van der Waals surface area contributed by atoms with Crippen molar-refractivity contribution >= 4 is 29.6 Å². The second-order valence-electron chi connectivity index (χ2n) is 4.77. The van der Waals surface area contributed by atoms with Crippen molar-refractivity contribution in [1.82, 2.24) is 4.98 Å². The molecule has 0 unspecified atom stereocenters. The number of anilines is 1. The molecule has 0 bridgehead atoms. The molecule has 1 aromatic carbocycles. The summed E-state index contributed by atoms with van der Waals surface area (Å²) in [6, 6.07) is 5.74. The molecule has 1 aromatic heterocycles. The Morgan fingerprint density at radius 2 is 2.32 bits per heavy atom. The highest BCUT2D eigenvalue weighted by atomic mass is 16.5. The van der Waals surface area contributed by atoms with Crippen molar-refractivity contribution in [3.63, 3.8) is 0 Å². The van der Waals surface area contributed by atoms with Gasteiger partial charge >= 0.3 is 13.0 Å². The summed E-state index contributed by atoms with van der Waals surface area (Å²) in [4.78, 5) is 16.6. The van der Waals surface area contributed by atoms with Crippen molar-refractivity contribution in [3.8, 4) is 0 Å². The Morgan fingerprint density at radius 3 is 3.00 bits per heavy atom. The fraction of sp³-hybridized carbons (Fsp3) is 0.308. The molecule has 2 heterocycles. The SMILES string of the molecule is COC(=O)c1cc2c3c(ccc2[nH]1)N(B(C)O)CC3. The average molecular weight is 258 g/mol. The van der Waals surface area contributed by atoms with Crippen LogP contribution in [0.5, 0.6) is 0 Å². The number of nitrogens with zero attached hydrogens (tertiary/aromatic N) is 1. The van der Waals surface area contributed by atoms with Gasteiger partial charge in [0, 0.05) is 23.1 Å². The molecule has 19 heavy (non-hydrogen) atoms. The predicted molar refractivity (Wildman–Crippen MR) is 74.5 cm³/mol. The molecule has 0 aliphatic carbocycles. The molecular weight excluding hydrogens is 243 g/mol. The lowest BCUT2D eigenvalue weighted by atomic mass is 9.85. The first kappa shape index (κ1) is 12.1. The Hall–Kier alpha value is -1.95. The van der Waals surface area contributed by atoms with Gasteiger partial charge < -0.3 is 19.6 Å². The summed E-state index contributed by atoms with van der Waals surface area (Å²) < 4.78 is 4.72. The minimum Gasteiger partial charge on any atom is -0.464 e. The van der Waals surface area contributed by atoms with Gasteiger partial charge in [0.15, 0.2) is 0 Å². The van der Waals surface area contributed by atoms with Crippen LogP contribution >= 0.6 is 0 Å². The highest BCUT2D eigenvalue weighted by Crippen LogP contribution is 2.34. The summed E-state index contributed by atoms with van der Waals surface area (Å²) in [6.07, 6.45) is 0.871. The molecule has 0 saturated carbocycles. The van der Waals surface area contributed by atoms with E-state index >= 15 is 0 Å². The number of nitrogens with one attached hydrogen (secondary N) is 1. The molecule has 1 aliphatic rings. The van der Waals surface area contributed by atoms with Gasteiger partial charge in [-0.1, -0.05) is 0 Å². The van der Waals surface area contributed by atoms with Gasteiger partial charge in [0.1, 0.15) is 5.69 Å². The molecule has 2 aromatic rings. The van der Waals surface area contributed by atoms with Crippen molar-refractivity contribution in [2.24, 2.45) is 0 Å². The second-order valence-corrected chi connectivity index (χ2v) is 4.77. The highest BCUT2D eigenvalue weighted by molar-refractivity contribution is 6.54. The van der Waals surface area contributed by atoms with Crippen molar-refractivity contribution in [1.29, 1.82) is 0 Å². The number of hydrogen-bond donors (Lipinski definition) is 2. The Labute approximate surface area is 111 Å². The number of hydrogen-bond acceptors (Lipinski definition) is 4. The predicted octanol–water partition coefficient (Wildman–Crippen LogP) is 1.43. The minimum absolute atomic E-state index is 0.365. The van der Waals surface area contributed by atoms with Crippen LogP contribution in [0, 0.1) is 0 Å². The van der Waals surface area contributed by atoms with Gasteiger partial charge in [-0.25, -0.2) is 4.79 Å². The third-order valence-electron chi connectivity index (χ3n) is 3.66. The second kappa shape index (κ2) is 4.31. The fourth-order valence-electron chi connectivity index (χ4n) is 2.75. The van der Waals surface area contributed by atoms with E-state index < -0.39 is 7.05 Å². The van der Waals surface area contributed by atoms with Crippen LogP contribution in [0.4, 0.5) is 5.69 Å². The van der Waals surface area contributed by atoms with E-state index in [9.17, 15) is 9.82 Å². The molecule has 6 heteroatoms. The lowest BCUT2D eigenvalue weighted by molar-refractivity contribution is 0.0595. The lowest BCUT2D eigenvalue weighted by Gasteiger charge is -2.19. The topological polar surface area (TPSA) is 65.6 Å². The maximum atomic E-state index is 11.6. The number of fused-ring (bicyclic) bond motifs is 3. The maximum absolute atomic E-state index is 11.6. The quantitative estimate of drug-likeness (QED) is 0.631. The largest absolute Gasteiger partial charge is 0.464 e. The van der Waals surface area contributed by atoms with Crippen LogP contribution in [-0.2, 0) is 11.2 Å². The average Bonchev–Trinajstić information content (AvgIpc) is 3.00. The zero-order valence-electron chi connectivity index (χ0n) is 10.9. The van der Waals surface area contributed by atoms with Gasteiger partial charge in [-0.15, -0.1) is 0 Å². The van der Waals surface area contributed by atoms with E-state index in [0.717, 1.165) is 29.6 Å². The van der Waals surface area contributed by atoms with E-state index in [1.165, 1.54) is 12.7 Å². The molecule has 98 valence electrons. The number of H-pyrrole nitrogens is 1. The number of methoxy groups -OCH3 is 1. The Kier molecular flexibility index (Phi) is 2.75. The van der Waals surface area contributed by atoms with Crippen molar-refractivity contribution in [2.45, 2.75) is 13.2 Å². The Morgan fingerprint density at radius 1 is 1.53 bits per heavy atom. The fourth-order valence-corrected chi connectivity index (χ4v) is 2.75. The van der Waals surface area contributed by atoms with Gasteiger partial charge in [-0.2, -0.15) is 0 Å². The summed E-state index contributed by atoms with van der Waals surface area (Å²) >= 11 is 0. The molecule has 0 radical (unpaired) electrons. The van der Waals surface area contributed by atoms with Crippen LogP contribution in [0.25, 0.3) is 10.9 Å². The lowest BCUT2D eigenvalue weighted by Crippen LogP contribution is -2.35. The van der Waals surface area contributed by atoms with E-state index in [1.54, 1.807) is 6.82 Å². The van der Waals surface area contributed by atoms with Crippen LogP contribution in [0.2, 0.25) is 6.82 Å². The highest BCUT2D eigenvalue weighted by Gasteiger charge is 2.27. The number of ether oxygens (including phenoxy) is 1. The molecule has 2 N–H and O–H groups in total. The van der Waals surface area contributed by atoms with E-state index in [0.29, 0.717) is 5.69 Å². The van der Waals surface area contributed by atoms with E-state index in [4.69, 9.17) is 4.74 Å². The Balaban J connectivity index is 2.13. The molecule has 0 amide bonds. The minimum atomic E-state index is -0.502. The zero-order valence-corrected chi connectivity index (χ0v) is 10.9. The number of benzene rings is 1. The summed E-state index contributed by atoms with van der Waals surface area (Å²) in [5, 5.41) is 10.8. The maximum Gasteiger partial charge on any atom is 0.409 e. The number of aromatic amines is 1. The molecule has 3 rings (SSSR count). The molecule has 1 aliphatic heterocycles. The van der Waals surface area contributed by atoms with Gasteiger partial charge in [0.05, 0.1) is 7.11 Å². The summed E-state index contributed by atoms with van der Waals surface area (Å²) in [7, 11) is 0.866. The van der Waals surface area contributed by atoms with Crippen molar-refractivity contribution in [3.05, 3.63) is 29.5 Å². The number of carbonyl (C=O) groups excluding carboxylic acids is 1. The van der Waals surface area contributed by atoms with Gasteiger partial charge in [-0.3, -0.25) is 0 Å². The molecule has 0 saturated heterocycles. The first-order valence-corrected chi connectivity index (χ1v) is 6.29. The van der Waals surface area contributed by atoms with E-state index in [1.807, 2.05) is 23.0 Å². The van der Waals surface area contributed by atoms with Crippen LogP contribution in [0.3, 0.4) is 0 Å². The summed E-state index contributed by atoms with van der Waals surface area (Å²) in [5.41, 5.74) is 3.59.